The van der Waals surface area contributed by atoms with Crippen molar-refractivity contribution in [3.05, 3.63) is 132 Å². The second-order valence-electron chi connectivity index (χ2n) is 10.6. The molecule has 6 nitrogen and oxygen atoms in total. The average Bonchev–Trinajstić information content (AvgIpc) is 3.76. The van der Waals surface area contributed by atoms with Crippen molar-refractivity contribution in [1.29, 1.82) is 0 Å². The van der Waals surface area contributed by atoms with Crippen LogP contribution in [0.1, 0.15) is 50.5 Å². The summed E-state index contributed by atoms with van der Waals surface area (Å²) < 4.78 is 4.28. The van der Waals surface area contributed by atoms with Gasteiger partial charge >= 0.3 is 21.1 Å². The number of imidazole rings is 2. The molecule has 2 aromatic carbocycles. The number of hydrogen-bond donors (Lipinski definition) is 0. The molecule has 7 heteroatoms. The van der Waals surface area contributed by atoms with Crippen molar-refractivity contribution in [3.63, 3.8) is 0 Å². The molecule has 0 N–H and O–H groups in total. The molecule has 39 heavy (non-hydrogen) atoms. The zero-order chi connectivity index (χ0) is 26.3. The molecule has 0 fully saturated rings. The Kier molecular flexibility index (Phi) is 7.09. The molecule has 0 bridgehead atoms. The maximum atomic E-state index is 5.25. The molecule has 0 saturated carbocycles. The van der Waals surface area contributed by atoms with Crippen molar-refractivity contribution in [2.75, 3.05) is 0 Å². The Balaban J connectivity index is 0.00000308. The van der Waals surface area contributed by atoms with Crippen molar-refractivity contribution >= 4 is 0 Å². The van der Waals surface area contributed by atoms with Crippen molar-refractivity contribution in [2.24, 2.45) is 0 Å². The van der Waals surface area contributed by atoms with Gasteiger partial charge in [0.25, 0.3) is 0 Å². The molecule has 0 spiro atoms. The number of rotatable bonds is 7. The number of hydrogen-bond acceptors (Lipinski definition) is 2. The van der Waals surface area contributed by atoms with Crippen LogP contribution in [0.5, 0.6) is 0 Å². The second kappa shape index (κ2) is 10.3. The molecule has 0 saturated heterocycles. The van der Waals surface area contributed by atoms with Gasteiger partial charge in [-0.3, -0.25) is 9.13 Å². The van der Waals surface area contributed by atoms with E-state index < -0.39 is 0 Å². The molecule has 0 aliphatic carbocycles. The van der Waals surface area contributed by atoms with E-state index in [1.807, 2.05) is 60.9 Å². The van der Waals surface area contributed by atoms with Crippen molar-refractivity contribution in [2.45, 2.75) is 38.5 Å². The largest absolute Gasteiger partial charge is 2.00 e. The Morgan fingerprint density at radius 1 is 0.538 bits per heavy atom. The van der Waals surface area contributed by atoms with E-state index in [9.17, 15) is 0 Å². The fourth-order valence-electron chi connectivity index (χ4n) is 4.85. The molecule has 6 rings (SSSR count). The van der Waals surface area contributed by atoms with Crippen molar-refractivity contribution < 1.29 is 21.1 Å². The van der Waals surface area contributed by atoms with E-state index in [2.05, 4.69) is 95.6 Å². The Morgan fingerprint density at radius 3 is 1.26 bits per heavy atom. The molecule has 0 aliphatic heterocycles. The Labute approximate surface area is 243 Å². The first-order valence-corrected chi connectivity index (χ1v) is 12.8. The summed E-state index contributed by atoms with van der Waals surface area (Å²) in [7, 11) is 0. The third-order valence-electron chi connectivity index (χ3n) is 7.35. The summed E-state index contributed by atoms with van der Waals surface area (Å²) in [5.41, 5.74) is 5.09. The van der Waals surface area contributed by atoms with E-state index in [4.69, 9.17) is 9.97 Å². The van der Waals surface area contributed by atoms with Gasteiger partial charge in [0.15, 0.2) is 11.6 Å². The van der Waals surface area contributed by atoms with Crippen LogP contribution in [-0.4, -0.2) is 19.1 Å². The van der Waals surface area contributed by atoms with Crippen LogP contribution in [0.4, 0.5) is 0 Å². The van der Waals surface area contributed by atoms with E-state index in [1.165, 1.54) is 0 Å². The van der Waals surface area contributed by atoms with Gasteiger partial charge in [0, 0.05) is 34.6 Å². The van der Waals surface area contributed by atoms with Gasteiger partial charge in [-0.25, -0.2) is 9.97 Å². The standard InChI is InChI=1S/C32H30N6.Pt/c1-31(2,25-17-11-19-33-25)27-21-37(23-13-7-5-8-14-23)29(35-27)30-36-28(32(3,4)26-18-12-20-34-26)22-38(30)24-15-9-6-10-16-24;/h5-22H,1-4H3;/q-2;+2. The van der Waals surface area contributed by atoms with E-state index >= 15 is 0 Å². The van der Waals surface area contributed by atoms with Crippen LogP contribution in [0, 0.1) is 0 Å². The van der Waals surface area contributed by atoms with Gasteiger partial charge in [0.1, 0.15) is 0 Å². The van der Waals surface area contributed by atoms with Gasteiger partial charge < -0.3 is 9.97 Å². The summed E-state index contributed by atoms with van der Waals surface area (Å²) >= 11 is 0. The molecule has 0 radical (unpaired) electrons. The van der Waals surface area contributed by atoms with Crippen molar-refractivity contribution in [1.82, 2.24) is 29.1 Å². The molecule has 6 aromatic rings. The van der Waals surface area contributed by atoms with Crippen LogP contribution in [-0.2, 0) is 31.9 Å². The van der Waals surface area contributed by atoms with Gasteiger partial charge in [-0.1, -0.05) is 88.4 Å². The minimum Gasteiger partial charge on any atom is -0.667 e. The molecule has 0 amide bonds. The summed E-state index contributed by atoms with van der Waals surface area (Å²) in [5, 5.41) is 0. The fourth-order valence-corrected chi connectivity index (χ4v) is 4.85. The third kappa shape index (κ3) is 4.74. The monoisotopic (exact) mass is 693 g/mol. The summed E-state index contributed by atoms with van der Waals surface area (Å²) in [6, 6.07) is 28.7. The zero-order valence-corrected chi connectivity index (χ0v) is 24.7. The Bertz CT molecular complexity index is 1510. The predicted octanol–water partition coefficient (Wildman–Crippen LogP) is 6.29. The smallest absolute Gasteiger partial charge is 0.667 e. The molecular formula is C32H30N6Pt. The van der Waals surface area contributed by atoms with Crippen LogP contribution in [0.2, 0.25) is 0 Å². The van der Waals surface area contributed by atoms with Gasteiger partial charge in [0.2, 0.25) is 0 Å². The van der Waals surface area contributed by atoms with Crippen LogP contribution in [0.3, 0.4) is 0 Å². The van der Waals surface area contributed by atoms with Gasteiger partial charge in [0.05, 0.1) is 11.4 Å². The Morgan fingerprint density at radius 2 is 0.923 bits per heavy atom. The Hall–Kier alpha value is -3.89. The first-order valence-electron chi connectivity index (χ1n) is 12.8. The van der Waals surface area contributed by atoms with Crippen LogP contribution >= 0.6 is 0 Å². The number of aromatic nitrogens is 6. The number of benzene rings is 2. The topological polar surface area (TPSA) is 63.8 Å². The predicted molar refractivity (Wildman–Crippen MR) is 150 cm³/mol. The third-order valence-corrected chi connectivity index (χ3v) is 7.35. The molecule has 4 aromatic heterocycles. The van der Waals surface area contributed by atoms with Crippen LogP contribution in [0.25, 0.3) is 23.0 Å². The molecule has 0 unspecified atom stereocenters. The molecule has 4 heterocycles. The minimum absolute atomic E-state index is 0. The average molecular weight is 694 g/mol. The van der Waals surface area contributed by atoms with Gasteiger partial charge in [-0.2, -0.15) is 12.4 Å². The molecular weight excluding hydrogens is 663 g/mol. The molecule has 0 aliphatic rings. The molecule has 198 valence electrons. The number of nitrogens with zero attached hydrogens (tertiary/aromatic N) is 6. The number of para-hydroxylation sites is 2. The quantitative estimate of drug-likeness (QED) is 0.197. The van der Waals surface area contributed by atoms with E-state index in [1.54, 1.807) is 0 Å². The van der Waals surface area contributed by atoms with Gasteiger partial charge in [-0.05, 0) is 24.3 Å². The SMILES string of the molecule is CC(C)(c1cn(-c2ccccc2)c(-c2nc(C(C)(C)c3ccc[n-]3)cn2-c2ccccc2)n1)c1ccc[n-]1.[Pt+2]. The van der Waals surface area contributed by atoms with Crippen molar-refractivity contribution in [3.8, 4) is 23.0 Å². The first kappa shape index (κ1) is 26.7. The zero-order valence-electron chi connectivity index (χ0n) is 22.4. The minimum atomic E-state index is -0.385. The van der Waals surface area contributed by atoms with E-state index in [0.717, 1.165) is 45.8 Å². The van der Waals surface area contributed by atoms with Crippen LogP contribution in [0.15, 0.2) is 110 Å². The maximum absolute atomic E-state index is 5.25. The summed E-state index contributed by atoms with van der Waals surface area (Å²) in [4.78, 5) is 19.7. The van der Waals surface area contributed by atoms with E-state index in [0.29, 0.717) is 0 Å². The summed E-state index contributed by atoms with van der Waals surface area (Å²) in [5.74, 6) is 1.54. The fraction of sp³-hybridized carbons (Fsp3) is 0.188. The molecule has 0 atom stereocenters. The summed E-state index contributed by atoms with van der Waals surface area (Å²) in [6.07, 6.45) is 7.90. The first-order chi connectivity index (χ1) is 18.4. The summed E-state index contributed by atoms with van der Waals surface area (Å²) in [6.45, 7) is 8.65. The van der Waals surface area contributed by atoms with Crippen LogP contribution < -0.4 is 9.97 Å². The second-order valence-corrected chi connectivity index (χ2v) is 10.6. The normalized spacial score (nSPS) is 11.9. The maximum Gasteiger partial charge on any atom is 2.00 e. The van der Waals surface area contributed by atoms with E-state index in [-0.39, 0.29) is 31.9 Å². The van der Waals surface area contributed by atoms with Gasteiger partial charge in [-0.15, -0.1) is 11.4 Å².